The topological polar surface area (TPSA) is 69.7 Å². The minimum atomic E-state index is -3.83. The minimum absolute atomic E-state index is 0.0860. The SMILES string of the molecule is CN1CCC(NC(=O)CN(CCc2ccccc2)S(=O)(=O)c2ccc(Cl)cc2)CC1. The first kappa shape index (κ1) is 22.7. The number of nitrogens with zero attached hydrogens (tertiary/aromatic N) is 2. The van der Waals surface area contributed by atoms with Gasteiger partial charge in [0.15, 0.2) is 0 Å². The molecule has 3 rings (SSSR count). The third-order valence-corrected chi connectivity index (χ3v) is 7.46. The predicted molar refractivity (Wildman–Crippen MR) is 119 cm³/mol. The lowest BCUT2D eigenvalue weighted by Crippen LogP contribution is -2.48. The van der Waals surface area contributed by atoms with Gasteiger partial charge in [-0.3, -0.25) is 4.79 Å². The Kier molecular flexibility index (Phi) is 7.88. The van der Waals surface area contributed by atoms with Gasteiger partial charge in [-0.1, -0.05) is 41.9 Å². The van der Waals surface area contributed by atoms with Crippen LogP contribution in [0.1, 0.15) is 18.4 Å². The summed E-state index contributed by atoms with van der Waals surface area (Å²) in [4.78, 5) is 15.0. The van der Waals surface area contributed by atoms with Crippen LogP contribution in [0, 0.1) is 0 Å². The Bertz CT molecular complexity index is 928. The summed E-state index contributed by atoms with van der Waals surface area (Å²) in [5, 5.41) is 3.47. The number of amides is 1. The average Bonchev–Trinajstić information content (AvgIpc) is 2.73. The van der Waals surface area contributed by atoms with Gasteiger partial charge < -0.3 is 10.2 Å². The maximum Gasteiger partial charge on any atom is 0.243 e. The molecule has 0 aliphatic carbocycles. The lowest BCUT2D eigenvalue weighted by molar-refractivity contribution is -0.122. The zero-order chi connectivity index (χ0) is 21.6. The average molecular weight is 450 g/mol. The summed E-state index contributed by atoms with van der Waals surface area (Å²) < 4.78 is 27.7. The number of likely N-dealkylation sites (tertiary alicyclic amines) is 1. The minimum Gasteiger partial charge on any atom is -0.352 e. The van der Waals surface area contributed by atoms with E-state index in [-0.39, 0.29) is 29.9 Å². The molecule has 1 fully saturated rings. The number of nitrogens with one attached hydrogen (secondary N) is 1. The molecule has 0 atom stereocenters. The van der Waals surface area contributed by atoms with Crippen LogP contribution in [0.4, 0.5) is 0 Å². The first-order valence-corrected chi connectivity index (χ1v) is 11.9. The van der Waals surface area contributed by atoms with E-state index >= 15 is 0 Å². The molecule has 1 aliphatic rings. The van der Waals surface area contributed by atoms with Crippen molar-refractivity contribution in [1.29, 1.82) is 0 Å². The molecule has 1 saturated heterocycles. The maximum atomic E-state index is 13.2. The van der Waals surface area contributed by atoms with E-state index in [4.69, 9.17) is 11.6 Å². The molecule has 162 valence electrons. The molecule has 0 spiro atoms. The summed E-state index contributed by atoms with van der Waals surface area (Å²) in [6.45, 7) is 1.86. The van der Waals surface area contributed by atoms with E-state index in [9.17, 15) is 13.2 Å². The summed E-state index contributed by atoms with van der Waals surface area (Å²) in [6, 6.07) is 15.8. The van der Waals surface area contributed by atoms with Gasteiger partial charge in [-0.25, -0.2) is 8.42 Å². The molecule has 0 aromatic heterocycles. The molecule has 0 saturated carbocycles. The molecule has 2 aromatic rings. The van der Waals surface area contributed by atoms with Crippen LogP contribution in [0.25, 0.3) is 0 Å². The predicted octanol–water partition coefficient (Wildman–Crippen LogP) is 2.78. The highest BCUT2D eigenvalue weighted by molar-refractivity contribution is 7.89. The zero-order valence-electron chi connectivity index (χ0n) is 17.1. The maximum absolute atomic E-state index is 13.2. The molecule has 0 radical (unpaired) electrons. The van der Waals surface area contributed by atoms with Gasteiger partial charge in [0, 0.05) is 17.6 Å². The third kappa shape index (κ3) is 6.28. The zero-order valence-corrected chi connectivity index (χ0v) is 18.7. The van der Waals surface area contributed by atoms with E-state index in [1.807, 2.05) is 30.3 Å². The van der Waals surface area contributed by atoms with Crippen LogP contribution in [0.15, 0.2) is 59.5 Å². The Labute approximate surface area is 183 Å². The second-order valence-corrected chi connectivity index (χ2v) is 10.0. The van der Waals surface area contributed by atoms with Gasteiger partial charge >= 0.3 is 0 Å². The molecule has 1 N–H and O–H groups in total. The Morgan fingerprint density at radius 1 is 1.10 bits per heavy atom. The van der Waals surface area contributed by atoms with Crippen LogP contribution in [0.3, 0.4) is 0 Å². The van der Waals surface area contributed by atoms with Crippen molar-refractivity contribution in [3.63, 3.8) is 0 Å². The Hall–Kier alpha value is -1.93. The molecule has 8 heteroatoms. The van der Waals surface area contributed by atoms with Gasteiger partial charge in [0.1, 0.15) is 0 Å². The van der Waals surface area contributed by atoms with Crippen LogP contribution >= 0.6 is 11.6 Å². The van der Waals surface area contributed by atoms with E-state index < -0.39 is 10.0 Å². The van der Waals surface area contributed by atoms with E-state index in [2.05, 4.69) is 17.3 Å². The van der Waals surface area contributed by atoms with Crippen molar-refractivity contribution in [1.82, 2.24) is 14.5 Å². The molecular formula is C22H28ClN3O3S. The van der Waals surface area contributed by atoms with Gasteiger partial charge in [-0.15, -0.1) is 0 Å². The number of benzene rings is 2. The summed E-state index contributed by atoms with van der Waals surface area (Å²) in [7, 11) is -1.77. The molecular weight excluding hydrogens is 422 g/mol. The van der Waals surface area contributed by atoms with Crippen molar-refractivity contribution in [2.75, 3.05) is 33.2 Å². The summed E-state index contributed by atoms with van der Waals surface area (Å²) >= 11 is 5.91. The highest BCUT2D eigenvalue weighted by Crippen LogP contribution is 2.19. The molecule has 1 heterocycles. The van der Waals surface area contributed by atoms with Gasteiger partial charge in [0.05, 0.1) is 11.4 Å². The molecule has 30 heavy (non-hydrogen) atoms. The van der Waals surface area contributed by atoms with E-state index in [1.54, 1.807) is 12.1 Å². The summed E-state index contributed by atoms with van der Waals surface area (Å²) in [5.74, 6) is -0.268. The summed E-state index contributed by atoms with van der Waals surface area (Å²) in [6.07, 6.45) is 2.27. The Balaban J connectivity index is 1.72. The third-order valence-electron chi connectivity index (χ3n) is 5.35. The molecule has 6 nitrogen and oxygen atoms in total. The lowest BCUT2D eigenvalue weighted by atomic mass is 10.1. The number of hydrogen-bond donors (Lipinski definition) is 1. The first-order chi connectivity index (χ1) is 14.3. The highest BCUT2D eigenvalue weighted by Gasteiger charge is 2.28. The number of carbonyl (C=O) groups excluding carboxylic acids is 1. The number of hydrogen-bond acceptors (Lipinski definition) is 4. The van der Waals surface area contributed by atoms with Crippen molar-refractivity contribution < 1.29 is 13.2 Å². The number of piperidine rings is 1. The second kappa shape index (κ2) is 10.4. The first-order valence-electron chi connectivity index (χ1n) is 10.1. The van der Waals surface area contributed by atoms with Gasteiger partial charge in [0.2, 0.25) is 15.9 Å². The number of sulfonamides is 1. The van der Waals surface area contributed by atoms with E-state index in [0.29, 0.717) is 11.4 Å². The number of rotatable bonds is 8. The molecule has 1 aliphatic heterocycles. The van der Waals surface area contributed by atoms with Crippen LogP contribution < -0.4 is 5.32 Å². The van der Waals surface area contributed by atoms with Gasteiger partial charge in [0.25, 0.3) is 0 Å². The van der Waals surface area contributed by atoms with Crippen molar-refractivity contribution >= 4 is 27.5 Å². The smallest absolute Gasteiger partial charge is 0.243 e. The summed E-state index contributed by atoms with van der Waals surface area (Å²) in [5.41, 5.74) is 1.02. The molecule has 2 aromatic carbocycles. The fourth-order valence-corrected chi connectivity index (χ4v) is 5.05. The fraction of sp³-hybridized carbons (Fsp3) is 0.409. The van der Waals surface area contributed by atoms with Crippen molar-refractivity contribution in [2.24, 2.45) is 0 Å². The molecule has 1 amide bonds. The van der Waals surface area contributed by atoms with Crippen LogP contribution in [0.2, 0.25) is 5.02 Å². The normalized spacial score (nSPS) is 16.0. The quantitative estimate of drug-likeness (QED) is 0.672. The Morgan fingerprint density at radius 2 is 1.73 bits per heavy atom. The number of carbonyl (C=O) groups is 1. The lowest BCUT2D eigenvalue weighted by Gasteiger charge is -2.30. The van der Waals surface area contributed by atoms with Crippen LogP contribution in [-0.2, 0) is 21.2 Å². The molecule has 0 unspecified atom stereocenters. The monoisotopic (exact) mass is 449 g/mol. The molecule has 0 bridgehead atoms. The van der Waals surface area contributed by atoms with Crippen molar-refractivity contribution in [3.05, 3.63) is 65.2 Å². The van der Waals surface area contributed by atoms with Gasteiger partial charge in [-0.05, 0) is 69.2 Å². The van der Waals surface area contributed by atoms with Crippen molar-refractivity contribution in [3.8, 4) is 0 Å². The standard InChI is InChI=1S/C22H28ClN3O3S/c1-25-14-12-20(13-15-25)24-22(27)17-26(16-11-18-5-3-2-4-6-18)30(28,29)21-9-7-19(23)8-10-21/h2-10,20H,11-17H2,1H3,(H,24,27). The van der Waals surface area contributed by atoms with Crippen molar-refractivity contribution in [2.45, 2.75) is 30.2 Å². The van der Waals surface area contributed by atoms with Crippen LogP contribution in [-0.4, -0.2) is 62.8 Å². The van der Waals surface area contributed by atoms with E-state index in [0.717, 1.165) is 31.5 Å². The van der Waals surface area contributed by atoms with Crippen LogP contribution in [0.5, 0.6) is 0 Å². The largest absolute Gasteiger partial charge is 0.352 e. The number of halogens is 1. The van der Waals surface area contributed by atoms with E-state index in [1.165, 1.54) is 16.4 Å². The Morgan fingerprint density at radius 3 is 2.37 bits per heavy atom. The highest BCUT2D eigenvalue weighted by atomic mass is 35.5. The van der Waals surface area contributed by atoms with Gasteiger partial charge in [-0.2, -0.15) is 4.31 Å². The second-order valence-electron chi connectivity index (χ2n) is 7.67. The fourth-order valence-electron chi connectivity index (χ4n) is 3.52.